The summed E-state index contributed by atoms with van der Waals surface area (Å²) in [5, 5.41) is 6.21. The molecule has 2 N–H and O–H groups in total. The maximum absolute atomic E-state index is 12.4. The maximum atomic E-state index is 12.4. The summed E-state index contributed by atoms with van der Waals surface area (Å²) in [6.45, 7) is 1.77. The Bertz CT molecular complexity index is 1310. The van der Waals surface area contributed by atoms with Crippen molar-refractivity contribution in [3.05, 3.63) is 93.3 Å². The van der Waals surface area contributed by atoms with Crippen LogP contribution >= 0.6 is 27.7 Å². The monoisotopic (exact) mass is 565 g/mol. The number of carbonyl (C=O) groups is 2. The SMILES string of the molecule is COc1cc(C=C2SC(=Nc3ccc(Br)cc3)NC2=O)ccc1OCC(=O)NC(C)c1ccccc1. The van der Waals surface area contributed by atoms with Gasteiger partial charge in [0.25, 0.3) is 11.8 Å². The zero-order valence-corrected chi connectivity index (χ0v) is 22.1. The van der Waals surface area contributed by atoms with Crippen LogP contribution in [0.2, 0.25) is 0 Å². The molecule has 2 amide bonds. The second-order valence-corrected chi connectivity index (χ2v) is 9.80. The average Bonchev–Trinajstić information content (AvgIpc) is 3.23. The lowest BCUT2D eigenvalue weighted by molar-refractivity contribution is -0.123. The van der Waals surface area contributed by atoms with Crippen molar-refractivity contribution in [1.82, 2.24) is 10.6 Å². The molecule has 36 heavy (non-hydrogen) atoms. The number of aliphatic imine (C=N–C) groups is 1. The van der Waals surface area contributed by atoms with Gasteiger partial charge in [-0.2, -0.15) is 0 Å². The second-order valence-electron chi connectivity index (χ2n) is 7.86. The van der Waals surface area contributed by atoms with E-state index in [0.29, 0.717) is 21.6 Å². The molecule has 1 heterocycles. The first-order valence-corrected chi connectivity index (χ1v) is 12.7. The summed E-state index contributed by atoms with van der Waals surface area (Å²) in [6, 6.07) is 22.3. The Morgan fingerprint density at radius 3 is 2.58 bits per heavy atom. The molecule has 1 aliphatic heterocycles. The molecule has 9 heteroatoms. The molecule has 0 saturated carbocycles. The van der Waals surface area contributed by atoms with Crippen LogP contribution < -0.4 is 20.1 Å². The molecule has 3 aromatic rings. The predicted octanol–water partition coefficient (Wildman–Crippen LogP) is 5.61. The van der Waals surface area contributed by atoms with Crippen molar-refractivity contribution in [2.24, 2.45) is 4.99 Å². The van der Waals surface area contributed by atoms with Crippen molar-refractivity contribution in [2.75, 3.05) is 13.7 Å². The number of methoxy groups -OCH3 is 1. The molecule has 1 fully saturated rings. The number of ether oxygens (including phenoxy) is 2. The number of nitrogens with zero attached hydrogens (tertiary/aromatic N) is 1. The number of benzene rings is 3. The fourth-order valence-electron chi connectivity index (χ4n) is 3.41. The summed E-state index contributed by atoms with van der Waals surface area (Å²) in [5.74, 6) is 0.430. The van der Waals surface area contributed by atoms with E-state index < -0.39 is 0 Å². The van der Waals surface area contributed by atoms with Gasteiger partial charge in [-0.1, -0.05) is 52.3 Å². The van der Waals surface area contributed by atoms with Crippen molar-refractivity contribution in [1.29, 1.82) is 0 Å². The highest BCUT2D eigenvalue weighted by molar-refractivity contribution is 9.10. The van der Waals surface area contributed by atoms with E-state index in [-0.39, 0.29) is 24.5 Å². The van der Waals surface area contributed by atoms with E-state index in [1.54, 1.807) is 24.3 Å². The maximum Gasteiger partial charge on any atom is 0.264 e. The largest absolute Gasteiger partial charge is 0.493 e. The number of carbonyl (C=O) groups excluding carboxylic acids is 2. The molecule has 1 saturated heterocycles. The van der Waals surface area contributed by atoms with E-state index in [4.69, 9.17) is 9.47 Å². The molecule has 0 aliphatic carbocycles. The van der Waals surface area contributed by atoms with Gasteiger partial charge >= 0.3 is 0 Å². The van der Waals surface area contributed by atoms with Crippen molar-refractivity contribution in [3.63, 3.8) is 0 Å². The molecule has 0 spiro atoms. The number of amides is 2. The van der Waals surface area contributed by atoms with Gasteiger partial charge in [0.1, 0.15) is 0 Å². The van der Waals surface area contributed by atoms with Crippen LogP contribution in [0.4, 0.5) is 5.69 Å². The smallest absolute Gasteiger partial charge is 0.264 e. The Labute approximate surface area is 222 Å². The minimum Gasteiger partial charge on any atom is -0.493 e. The van der Waals surface area contributed by atoms with Gasteiger partial charge < -0.3 is 20.1 Å². The lowest BCUT2D eigenvalue weighted by Gasteiger charge is -2.15. The fourth-order valence-corrected chi connectivity index (χ4v) is 4.52. The highest BCUT2D eigenvalue weighted by atomic mass is 79.9. The zero-order valence-electron chi connectivity index (χ0n) is 19.7. The fraction of sp³-hybridized carbons (Fsp3) is 0.148. The molecule has 7 nitrogen and oxygen atoms in total. The molecule has 4 rings (SSSR count). The van der Waals surface area contributed by atoms with Crippen LogP contribution in [0.1, 0.15) is 24.1 Å². The minimum atomic E-state index is -0.240. The highest BCUT2D eigenvalue weighted by Crippen LogP contribution is 2.32. The normalized spacial score (nSPS) is 16.0. The van der Waals surface area contributed by atoms with E-state index in [1.165, 1.54) is 18.9 Å². The third-order valence-electron chi connectivity index (χ3n) is 5.23. The van der Waals surface area contributed by atoms with Crippen LogP contribution in [0.5, 0.6) is 11.5 Å². The number of amidine groups is 1. The van der Waals surface area contributed by atoms with Crippen molar-refractivity contribution in [3.8, 4) is 11.5 Å². The van der Waals surface area contributed by atoms with Crippen LogP contribution in [-0.4, -0.2) is 30.7 Å². The van der Waals surface area contributed by atoms with Gasteiger partial charge in [0.2, 0.25) is 0 Å². The summed E-state index contributed by atoms with van der Waals surface area (Å²) in [5.41, 5.74) is 2.51. The quantitative estimate of drug-likeness (QED) is 0.347. The second kappa shape index (κ2) is 11.9. The summed E-state index contributed by atoms with van der Waals surface area (Å²) in [6.07, 6.45) is 1.75. The molecule has 1 aliphatic rings. The van der Waals surface area contributed by atoms with Crippen LogP contribution in [-0.2, 0) is 9.59 Å². The van der Waals surface area contributed by atoms with Gasteiger partial charge in [0.15, 0.2) is 23.3 Å². The topological polar surface area (TPSA) is 89.0 Å². The van der Waals surface area contributed by atoms with Crippen molar-refractivity contribution < 1.29 is 19.1 Å². The summed E-state index contributed by atoms with van der Waals surface area (Å²) < 4.78 is 12.1. The molecule has 0 radical (unpaired) electrons. The third-order valence-corrected chi connectivity index (χ3v) is 6.67. The van der Waals surface area contributed by atoms with Gasteiger partial charge in [-0.15, -0.1) is 0 Å². The third kappa shape index (κ3) is 6.77. The standard InChI is InChI=1S/C27H24BrN3O4S/c1-17(19-6-4-3-5-7-19)29-25(32)16-35-22-13-8-18(14-23(22)34-2)15-24-26(33)31-27(36-24)30-21-11-9-20(28)10-12-21/h3-15,17H,16H2,1-2H3,(H,29,32)(H,30,31,33). The average molecular weight is 566 g/mol. The van der Waals surface area contributed by atoms with Crippen LogP contribution in [0.3, 0.4) is 0 Å². The van der Waals surface area contributed by atoms with Gasteiger partial charge in [-0.3, -0.25) is 9.59 Å². The van der Waals surface area contributed by atoms with Crippen LogP contribution in [0, 0.1) is 0 Å². The molecule has 3 aromatic carbocycles. The first-order chi connectivity index (χ1) is 17.4. The summed E-state index contributed by atoms with van der Waals surface area (Å²) in [4.78, 5) is 29.8. The van der Waals surface area contributed by atoms with E-state index in [1.807, 2.05) is 61.5 Å². The Hall–Kier alpha value is -3.56. The van der Waals surface area contributed by atoms with Gasteiger partial charge in [-0.25, -0.2) is 4.99 Å². The molecule has 1 atom stereocenters. The van der Waals surface area contributed by atoms with E-state index in [2.05, 4.69) is 31.6 Å². The first-order valence-electron chi connectivity index (χ1n) is 11.1. The van der Waals surface area contributed by atoms with E-state index in [0.717, 1.165) is 21.3 Å². The van der Waals surface area contributed by atoms with Gasteiger partial charge in [0, 0.05) is 4.47 Å². The van der Waals surface area contributed by atoms with E-state index in [9.17, 15) is 9.59 Å². The zero-order chi connectivity index (χ0) is 25.5. The minimum absolute atomic E-state index is 0.134. The molecular weight excluding hydrogens is 542 g/mol. The lowest BCUT2D eigenvalue weighted by Crippen LogP contribution is -2.31. The predicted molar refractivity (Wildman–Crippen MR) is 146 cm³/mol. The number of hydrogen-bond acceptors (Lipinski definition) is 6. The first kappa shape index (κ1) is 25.5. The number of hydrogen-bond donors (Lipinski definition) is 2. The number of nitrogens with one attached hydrogen (secondary N) is 2. The van der Waals surface area contributed by atoms with Gasteiger partial charge in [-0.05, 0) is 72.3 Å². The molecule has 184 valence electrons. The van der Waals surface area contributed by atoms with Crippen LogP contribution in [0.25, 0.3) is 6.08 Å². The number of halogens is 1. The van der Waals surface area contributed by atoms with Crippen molar-refractivity contribution >= 4 is 56.4 Å². The molecule has 1 unspecified atom stereocenters. The summed E-state index contributed by atoms with van der Waals surface area (Å²) in [7, 11) is 1.52. The van der Waals surface area contributed by atoms with Crippen LogP contribution in [0.15, 0.2) is 87.2 Å². The Morgan fingerprint density at radius 2 is 1.86 bits per heavy atom. The van der Waals surface area contributed by atoms with Crippen molar-refractivity contribution in [2.45, 2.75) is 13.0 Å². The molecule has 0 bridgehead atoms. The number of rotatable bonds is 8. The highest BCUT2D eigenvalue weighted by Gasteiger charge is 2.24. The Balaban J connectivity index is 1.39. The molecule has 0 aromatic heterocycles. The summed E-state index contributed by atoms with van der Waals surface area (Å²) >= 11 is 4.66. The number of thioether (sulfide) groups is 1. The Morgan fingerprint density at radius 1 is 1.11 bits per heavy atom. The van der Waals surface area contributed by atoms with Gasteiger partial charge in [0.05, 0.1) is 23.7 Å². The van der Waals surface area contributed by atoms with E-state index >= 15 is 0 Å². The molecular formula is C27H24BrN3O4S. The Kier molecular flexibility index (Phi) is 8.45. The lowest BCUT2D eigenvalue weighted by atomic mass is 10.1.